The van der Waals surface area contributed by atoms with Crippen molar-refractivity contribution in [2.75, 3.05) is 0 Å². The summed E-state index contributed by atoms with van der Waals surface area (Å²) in [6, 6.07) is 6.17. The van der Waals surface area contributed by atoms with Crippen LogP contribution in [0, 0.1) is 0 Å². The van der Waals surface area contributed by atoms with E-state index in [1.807, 2.05) is 6.07 Å². The second kappa shape index (κ2) is 4.11. The largest absolute Gasteiger partial charge is 0.468 e. The first-order valence-corrected chi connectivity index (χ1v) is 5.78. The lowest BCUT2D eigenvalue weighted by molar-refractivity contribution is 0.507. The zero-order valence-corrected chi connectivity index (χ0v) is 9.40. The van der Waals surface area contributed by atoms with Crippen molar-refractivity contribution in [1.82, 2.24) is 0 Å². The van der Waals surface area contributed by atoms with E-state index in [-0.39, 0.29) is 0 Å². The van der Waals surface area contributed by atoms with E-state index in [0.717, 1.165) is 23.1 Å². The topological polar surface area (TPSA) is 13.1 Å². The van der Waals surface area contributed by atoms with Gasteiger partial charge in [-0.3, -0.25) is 0 Å². The maximum atomic E-state index is 5.32. The Labute approximate surface area is 89.5 Å². The van der Waals surface area contributed by atoms with E-state index in [1.54, 1.807) is 17.6 Å². The Morgan fingerprint density at radius 2 is 2.23 bits per heavy atom. The fourth-order valence-electron chi connectivity index (χ4n) is 1.20. The van der Waals surface area contributed by atoms with Crippen molar-refractivity contribution >= 4 is 27.3 Å². The van der Waals surface area contributed by atoms with Gasteiger partial charge in [0.2, 0.25) is 0 Å². The van der Waals surface area contributed by atoms with Crippen LogP contribution in [-0.4, -0.2) is 0 Å². The standard InChI is InChI=1S/C10H9BrOS/c11-9-5-6-12-10(9)4-3-8-2-1-7-13-8/h1-2,5-7H,3-4H2. The zero-order chi connectivity index (χ0) is 9.10. The fourth-order valence-corrected chi connectivity index (χ4v) is 2.30. The summed E-state index contributed by atoms with van der Waals surface area (Å²) in [5.74, 6) is 1.04. The number of aryl methyl sites for hydroxylation is 2. The van der Waals surface area contributed by atoms with Crippen molar-refractivity contribution in [1.29, 1.82) is 0 Å². The van der Waals surface area contributed by atoms with Gasteiger partial charge in [-0.05, 0) is 39.9 Å². The van der Waals surface area contributed by atoms with Gasteiger partial charge in [-0.15, -0.1) is 11.3 Å². The van der Waals surface area contributed by atoms with Gasteiger partial charge in [-0.2, -0.15) is 0 Å². The second-order valence-electron chi connectivity index (χ2n) is 2.77. The average Bonchev–Trinajstić information content (AvgIpc) is 2.72. The van der Waals surface area contributed by atoms with Gasteiger partial charge < -0.3 is 4.42 Å². The van der Waals surface area contributed by atoms with E-state index >= 15 is 0 Å². The molecule has 0 amide bonds. The molecule has 3 heteroatoms. The number of thiophene rings is 1. The molecule has 2 heterocycles. The highest BCUT2D eigenvalue weighted by molar-refractivity contribution is 9.10. The van der Waals surface area contributed by atoms with Crippen LogP contribution in [-0.2, 0) is 12.8 Å². The Morgan fingerprint density at radius 1 is 1.31 bits per heavy atom. The smallest absolute Gasteiger partial charge is 0.118 e. The summed E-state index contributed by atoms with van der Waals surface area (Å²) >= 11 is 5.23. The predicted octanol–water partition coefficient (Wildman–Crippen LogP) is 3.89. The van der Waals surface area contributed by atoms with E-state index in [4.69, 9.17) is 4.42 Å². The van der Waals surface area contributed by atoms with Crippen LogP contribution >= 0.6 is 27.3 Å². The maximum Gasteiger partial charge on any atom is 0.118 e. The number of halogens is 1. The van der Waals surface area contributed by atoms with Gasteiger partial charge in [0.05, 0.1) is 10.7 Å². The molecule has 0 aliphatic carbocycles. The number of hydrogen-bond acceptors (Lipinski definition) is 2. The van der Waals surface area contributed by atoms with Crippen molar-refractivity contribution in [3.8, 4) is 0 Å². The van der Waals surface area contributed by atoms with E-state index in [9.17, 15) is 0 Å². The molecule has 68 valence electrons. The Morgan fingerprint density at radius 3 is 2.85 bits per heavy atom. The van der Waals surface area contributed by atoms with Crippen molar-refractivity contribution in [3.63, 3.8) is 0 Å². The molecule has 2 aromatic heterocycles. The number of hydrogen-bond donors (Lipinski definition) is 0. The molecule has 0 N–H and O–H groups in total. The minimum absolute atomic E-state index is 0.966. The zero-order valence-electron chi connectivity index (χ0n) is 7.00. The molecule has 0 aliphatic rings. The maximum absolute atomic E-state index is 5.32. The third-order valence-corrected chi connectivity index (χ3v) is 3.51. The number of rotatable bonds is 3. The van der Waals surface area contributed by atoms with Crippen LogP contribution < -0.4 is 0 Å². The monoisotopic (exact) mass is 256 g/mol. The van der Waals surface area contributed by atoms with E-state index in [1.165, 1.54) is 4.88 Å². The van der Waals surface area contributed by atoms with Gasteiger partial charge in [0.25, 0.3) is 0 Å². The van der Waals surface area contributed by atoms with Crippen molar-refractivity contribution < 1.29 is 4.42 Å². The molecule has 0 fully saturated rings. The Kier molecular flexibility index (Phi) is 2.86. The predicted molar refractivity (Wildman–Crippen MR) is 58.1 cm³/mol. The first kappa shape index (κ1) is 9.03. The molecule has 0 saturated carbocycles. The quantitative estimate of drug-likeness (QED) is 0.813. The average molecular weight is 257 g/mol. The molecule has 0 bridgehead atoms. The third kappa shape index (κ3) is 2.23. The summed E-state index contributed by atoms with van der Waals surface area (Å²) in [6.07, 6.45) is 3.74. The summed E-state index contributed by atoms with van der Waals surface area (Å²) in [4.78, 5) is 1.41. The molecular formula is C10H9BrOS. The first-order valence-electron chi connectivity index (χ1n) is 4.10. The van der Waals surface area contributed by atoms with Crippen LogP contribution in [0.15, 0.2) is 38.7 Å². The van der Waals surface area contributed by atoms with Crippen molar-refractivity contribution in [3.05, 3.63) is 45.0 Å². The van der Waals surface area contributed by atoms with Gasteiger partial charge in [0.1, 0.15) is 5.76 Å². The van der Waals surface area contributed by atoms with E-state index < -0.39 is 0 Å². The molecule has 0 aliphatic heterocycles. The summed E-state index contributed by atoms with van der Waals surface area (Å²) in [5, 5.41) is 2.10. The molecule has 0 unspecified atom stereocenters. The van der Waals surface area contributed by atoms with Gasteiger partial charge in [0.15, 0.2) is 0 Å². The summed E-state index contributed by atoms with van der Waals surface area (Å²) < 4.78 is 6.39. The molecule has 1 nitrogen and oxygen atoms in total. The Bertz CT molecular complexity index is 364. The van der Waals surface area contributed by atoms with Gasteiger partial charge in [-0.1, -0.05) is 6.07 Å². The van der Waals surface area contributed by atoms with Gasteiger partial charge in [0, 0.05) is 11.3 Å². The fraction of sp³-hybridized carbons (Fsp3) is 0.200. The molecule has 0 atom stereocenters. The van der Waals surface area contributed by atoms with Crippen LogP contribution in [0.4, 0.5) is 0 Å². The molecule has 0 radical (unpaired) electrons. The second-order valence-corrected chi connectivity index (χ2v) is 4.66. The van der Waals surface area contributed by atoms with Crippen LogP contribution in [0.1, 0.15) is 10.6 Å². The lowest BCUT2D eigenvalue weighted by Gasteiger charge is -1.95. The summed E-state index contributed by atoms with van der Waals surface area (Å²) in [6.45, 7) is 0. The van der Waals surface area contributed by atoms with Crippen molar-refractivity contribution in [2.24, 2.45) is 0 Å². The minimum atomic E-state index is 0.966. The van der Waals surface area contributed by atoms with Crippen LogP contribution in [0.2, 0.25) is 0 Å². The van der Waals surface area contributed by atoms with E-state index in [0.29, 0.717) is 0 Å². The van der Waals surface area contributed by atoms with Crippen LogP contribution in [0.3, 0.4) is 0 Å². The Hall–Kier alpha value is -0.540. The lowest BCUT2D eigenvalue weighted by Crippen LogP contribution is -1.86. The molecular weight excluding hydrogens is 248 g/mol. The van der Waals surface area contributed by atoms with Crippen LogP contribution in [0.5, 0.6) is 0 Å². The molecule has 2 aromatic rings. The van der Waals surface area contributed by atoms with E-state index in [2.05, 4.69) is 33.4 Å². The highest BCUT2D eigenvalue weighted by Gasteiger charge is 2.03. The van der Waals surface area contributed by atoms with Gasteiger partial charge >= 0.3 is 0 Å². The lowest BCUT2D eigenvalue weighted by atomic mass is 10.2. The normalized spacial score (nSPS) is 10.5. The minimum Gasteiger partial charge on any atom is -0.468 e. The van der Waals surface area contributed by atoms with Crippen LogP contribution in [0.25, 0.3) is 0 Å². The molecule has 2 rings (SSSR count). The SMILES string of the molecule is Brc1ccoc1CCc1cccs1. The molecule has 0 spiro atoms. The Balaban J connectivity index is 1.97. The highest BCUT2D eigenvalue weighted by Crippen LogP contribution is 2.20. The first-order chi connectivity index (χ1) is 6.36. The third-order valence-electron chi connectivity index (χ3n) is 1.87. The molecule has 0 aromatic carbocycles. The molecule has 0 saturated heterocycles. The van der Waals surface area contributed by atoms with Crippen molar-refractivity contribution in [2.45, 2.75) is 12.8 Å². The highest BCUT2D eigenvalue weighted by atomic mass is 79.9. The summed E-state index contributed by atoms with van der Waals surface area (Å²) in [5.41, 5.74) is 0. The number of furan rings is 1. The molecule has 13 heavy (non-hydrogen) atoms. The van der Waals surface area contributed by atoms with Gasteiger partial charge in [-0.25, -0.2) is 0 Å². The summed E-state index contributed by atoms with van der Waals surface area (Å²) in [7, 11) is 0.